The van der Waals surface area contributed by atoms with Crippen LogP contribution < -0.4 is 5.32 Å². The van der Waals surface area contributed by atoms with Crippen molar-refractivity contribution < 1.29 is 14.3 Å². The highest BCUT2D eigenvalue weighted by molar-refractivity contribution is 5.88. The van der Waals surface area contributed by atoms with E-state index in [-0.39, 0.29) is 23.3 Å². The molecule has 1 aromatic rings. The summed E-state index contributed by atoms with van der Waals surface area (Å²) in [5.74, 6) is -0.137. The van der Waals surface area contributed by atoms with Crippen molar-refractivity contribution >= 4 is 12.0 Å². The Balaban J connectivity index is 1.73. The predicted octanol–water partition coefficient (Wildman–Crippen LogP) is 2.14. The summed E-state index contributed by atoms with van der Waals surface area (Å²) >= 11 is 0. The molecule has 2 amide bonds. The Kier molecular flexibility index (Phi) is 3.38. The third kappa shape index (κ3) is 2.56. The van der Waals surface area contributed by atoms with Crippen LogP contribution in [0.25, 0.3) is 0 Å². The lowest BCUT2D eigenvalue weighted by Crippen LogP contribution is -2.62. The summed E-state index contributed by atoms with van der Waals surface area (Å²) in [4.78, 5) is 26.0. The van der Waals surface area contributed by atoms with Crippen LogP contribution in [0.3, 0.4) is 0 Å². The molecule has 1 spiro atoms. The fraction of sp³-hybridized carbons (Fsp3) is 0.529. The molecule has 0 aromatic heterocycles. The SMILES string of the molecule is CC(C)(C)OC(=O)N1CC2(CNC(=O)[C@H]2c2ccccc2)C1. The Morgan fingerprint density at radius 3 is 2.50 bits per heavy atom. The zero-order valence-corrected chi connectivity index (χ0v) is 13.3. The summed E-state index contributed by atoms with van der Waals surface area (Å²) < 4.78 is 5.39. The van der Waals surface area contributed by atoms with E-state index in [2.05, 4.69) is 5.32 Å². The maximum absolute atomic E-state index is 12.2. The maximum Gasteiger partial charge on any atom is 0.410 e. The minimum atomic E-state index is -0.498. The number of carbonyl (C=O) groups is 2. The summed E-state index contributed by atoms with van der Waals surface area (Å²) in [5, 5.41) is 2.95. The number of nitrogens with one attached hydrogen (secondary N) is 1. The second kappa shape index (κ2) is 5.00. The lowest BCUT2D eigenvalue weighted by atomic mass is 9.69. The third-order valence-electron chi connectivity index (χ3n) is 4.29. The van der Waals surface area contributed by atoms with E-state index >= 15 is 0 Å². The Morgan fingerprint density at radius 2 is 1.91 bits per heavy atom. The van der Waals surface area contributed by atoms with Gasteiger partial charge < -0.3 is 15.0 Å². The van der Waals surface area contributed by atoms with Crippen molar-refractivity contribution in [3.8, 4) is 0 Å². The van der Waals surface area contributed by atoms with Gasteiger partial charge in [0.25, 0.3) is 0 Å². The Hall–Kier alpha value is -2.04. The van der Waals surface area contributed by atoms with Gasteiger partial charge in [0.15, 0.2) is 0 Å². The number of nitrogens with zero attached hydrogens (tertiary/aromatic N) is 1. The molecule has 5 heteroatoms. The molecular weight excluding hydrogens is 280 g/mol. The monoisotopic (exact) mass is 302 g/mol. The second-order valence-electron chi connectivity index (χ2n) is 7.26. The topological polar surface area (TPSA) is 58.6 Å². The van der Waals surface area contributed by atoms with E-state index in [9.17, 15) is 9.59 Å². The molecule has 5 nitrogen and oxygen atoms in total. The molecule has 2 saturated heterocycles. The highest BCUT2D eigenvalue weighted by Gasteiger charge is 2.57. The lowest BCUT2D eigenvalue weighted by Gasteiger charge is -2.49. The Labute approximate surface area is 130 Å². The summed E-state index contributed by atoms with van der Waals surface area (Å²) in [6.45, 7) is 7.29. The van der Waals surface area contributed by atoms with Crippen molar-refractivity contribution in [1.29, 1.82) is 0 Å². The summed E-state index contributed by atoms with van der Waals surface area (Å²) in [6, 6.07) is 9.79. The van der Waals surface area contributed by atoms with Crippen LogP contribution in [0.15, 0.2) is 30.3 Å². The van der Waals surface area contributed by atoms with Crippen LogP contribution >= 0.6 is 0 Å². The number of carbonyl (C=O) groups excluding carboxylic acids is 2. The van der Waals surface area contributed by atoms with Gasteiger partial charge in [-0.25, -0.2) is 4.79 Å². The minimum absolute atomic E-state index is 0.0510. The molecule has 0 aliphatic carbocycles. The molecule has 1 aromatic carbocycles. The van der Waals surface area contributed by atoms with Crippen LogP contribution in [0, 0.1) is 5.41 Å². The standard InChI is InChI=1S/C17H22N2O3/c1-16(2,3)22-15(21)19-10-17(11-19)9-18-14(20)13(17)12-7-5-4-6-8-12/h4-8,13H,9-11H2,1-3H3,(H,18,20)/t13-/m1/s1. The first-order valence-corrected chi connectivity index (χ1v) is 7.61. The molecule has 0 saturated carbocycles. The van der Waals surface area contributed by atoms with Crippen molar-refractivity contribution in [2.45, 2.75) is 32.3 Å². The molecule has 2 fully saturated rings. The van der Waals surface area contributed by atoms with Gasteiger partial charge >= 0.3 is 6.09 Å². The first kappa shape index (κ1) is 14.9. The van der Waals surface area contributed by atoms with Gasteiger partial charge in [0.2, 0.25) is 5.91 Å². The fourth-order valence-corrected chi connectivity index (χ4v) is 3.36. The normalized spacial score (nSPS) is 23.1. The highest BCUT2D eigenvalue weighted by Crippen LogP contribution is 2.47. The Morgan fingerprint density at radius 1 is 1.27 bits per heavy atom. The fourth-order valence-electron chi connectivity index (χ4n) is 3.36. The first-order chi connectivity index (χ1) is 10.3. The van der Waals surface area contributed by atoms with Crippen molar-refractivity contribution in [3.63, 3.8) is 0 Å². The summed E-state index contributed by atoms with van der Waals surface area (Å²) in [7, 11) is 0. The van der Waals surface area contributed by atoms with E-state index < -0.39 is 5.60 Å². The zero-order valence-electron chi connectivity index (χ0n) is 13.3. The van der Waals surface area contributed by atoms with Crippen LogP contribution in [0.1, 0.15) is 32.3 Å². The van der Waals surface area contributed by atoms with E-state index in [1.54, 1.807) is 4.90 Å². The second-order valence-corrected chi connectivity index (χ2v) is 7.26. The Bertz CT molecular complexity index is 586. The molecule has 2 aliphatic heterocycles. The number of hydrogen-bond acceptors (Lipinski definition) is 3. The van der Waals surface area contributed by atoms with Crippen molar-refractivity contribution in [1.82, 2.24) is 10.2 Å². The number of likely N-dealkylation sites (tertiary alicyclic amines) is 1. The third-order valence-corrected chi connectivity index (χ3v) is 4.29. The van der Waals surface area contributed by atoms with Crippen LogP contribution in [0.4, 0.5) is 4.79 Å². The zero-order chi connectivity index (χ0) is 16.0. The summed E-state index contributed by atoms with van der Waals surface area (Å²) in [5.41, 5.74) is 0.318. The molecule has 0 bridgehead atoms. The van der Waals surface area contributed by atoms with Gasteiger partial charge in [-0.3, -0.25) is 4.79 Å². The average molecular weight is 302 g/mol. The molecule has 0 unspecified atom stereocenters. The van der Waals surface area contributed by atoms with Gasteiger partial charge in [0.05, 0.1) is 5.92 Å². The lowest BCUT2D eigenvalue weighted by molar-refractivity contribution is -0.122. The van der Waals surface area contributed by atoms with E-state index in [1.807, 2.05) is 51.1 Å². The number of ether oxygens (including phenoxy) is 1. The van der Waals surface area contributed by atoms with Gasteiger partial charge in [-0.05, 0) is 26.3 Å². The van der Waals surface area contributed by atoms with Gasteiger partial charge in [-0.2, -0.15) is 0 Å². The molecule has 1 N–H and O–H groups in total. The van der Waals surface area contributed by atoms with Gasteiger partial charge in [-0.1, -0.05) is 30.3 Å². The van der Waals surface area contributed by atoms with Gasteiger partial charge in [0, 0.05) is 25.0 Å². The number of rotatable bonds is 1. The molecule has 0 radical (unpaired) electrons. The van der Waals surface area contributed by atoms with E-state index in [0.29, 0.717) is 19.6 Å². The van der Waals surface area contributed by atoms with Gasteiger partial charge in [0.1, 0.15) is 5.60 Å². The highest BCUT2D eigenvalue weighted by atomic mass is 16.6. The predicted molar refractivity (Wildman–Crippen MR) is 82.4 cm³/mol. The maximum atomic E-state index is 12.2. The molecule has 3 rings (SSSR count). The number of hydrogen-bond donors (Lipinski definition) is 1. The quantitative estimate of drug-likeness (QED) is 0.864. The van der Waals surface area contributed by atoms with Crippen molar-refractivity contribution in [2.24, 2.45) is 5.41 Å². The minimum Gasteiger partial charge on any atom is -0.444 e. The average Bonchev–Trinajstić information content (AvgIpc) is 2.73. The van der Waals surface area contributed by atoms with Gasteiger partial charge in [-0.15, -0.1) is 0 Å². The van der Waals surface area contributed by atoms with E-state index in [1.165, 1.54) is 0 Å². The number of amides is 2. The van der Waals surface area contributed by atoms with E-state index in [0.717, 1.165) is 5.56 Å². The molecule has 1 atom stereocenters. The van der Waals surface area contributed by atoms with Crippen molar-refractivity contribution in [3.05, 3.63) is 35.9 Å². The van der Waals surface area contributed by atoms with Crippen LogP contribution in [-0.4, -0.2) is 42.1 Å². The molecular formula is C17H22N2O3. The summed E-state index contributed by atoms with van der Waals surface area (Å²) in [6.07, 6.45) is -0.302. The molecule has 118 valence electrons. The molecule has 2 heterocycles. The molecule has 2 aliphatic rings. The van der Waals surface area contributed by atoms with Crippen LogP contribution in [-0.2, 0) is 9.53 Å². The molecule has 22 heavy (non-hydrogen) atoms. The van der Waals surface area contributed by atoms with E-state index in [4.69, 9.17) is 4.74 Å². The van der Waals surface area contributed by atoms with Crippen LogP contribution in [0.5, 0.6) is 0 Å². The largest absolute Gasteiger partial charge is 0.444 e. The first-order valence-electron chi connectivity index (χ1n) is 7.61. The number of benzene rings is 1. The smallest absolute Gasteiger partial charge is 0.410 e. The van der Waals surface area contributed by atoms with Crippen LogP contribution in [0.2, 0.25) is 0 Å². The van der Waals surface area contributed by atoms with Crippen molar-refractivity contribution in [2.75, 3.05) is 19.6 Å².